The second-order valence-corrected chi connectivity index (χ2v) is 6.80. The van der Waals surface area contributed by atoms with Crippen molar-refractivity contribution in [1.29, 1.82) is 0 Å². The third-order valence-corrected chi connectivity index (χ3v) is 4.34. The molecule has 1 heterocycles. The van der Waals surface area contributed by atoms with Crippen LogP contribution >= 0.6 is 35.4 Å². The van der Waals surface area contributed by atoms with Gasteiger partial charge in [-0.3, -0.25) is 4.68 Å². The molecule has 3 rings (SSSR count). The van der Waals surface area contributed by atoms with Crippen molar-refractivity contribution < 1.29 is 17.6 Å². The van der Waals surface area contributed by atoms with E-state index in [1.165, 1.54) is 18.3 Å². The molecule has 4 nitrogen and oxygen atoms in total. The van der Waals surface area contributed by atoms with Crippen molar-refractivity contribution in [3.63, 3.8) is 0 Å². The van der Waals surface area contributed by atoms with Crippen LogP contribution in [0.4, 0.5) is 29.1 Å². The number of anilines is 2. The zero-order valence-electron chi connectivity index (χ0n) is 13.7. The lowest BCUT2D eigenvalue weighted by molar-refractivity contribution is 0.431. The van der Waals surface area contributed by atoms with E-state index in [4.69, 9.17) is 35.4 Å². The first-order chi connectivity index (χ1) is 13.2. The van der Waals surface area contributed by atoms with Gasteiger partial charge >= 0.3 is 0 Å². The van der Waals surface area contributed by atoms with Crippen molar-refractivity contribution >= 4 is 52.0 Å². The zero-order chi connectivity index (χ0) is 20.4. The van der Waals surface area contributed by atoms with E-state index in [9.17, 15) is 17.6 Å². The first-order valence-electron chi connectivity index (χ1n) is 7.63. The van der Waals surface area contributed by atoms with Gasteiger partial charge in [-0.15, -0.1) is 0 Å². The maximum absolute atomic E-state index is 13.8. The molecule has 0 fully saturated rings. The summed E-state index contributed by atoms with van der Waals surface area (Å²) in [5, 5.41) is 10.6. The molecule has 2 N–H and O–H groups in total. The van der Waals surface area contributed by atoms with E-state index >= 15 is 0 Å². The highest BCUT2D eigenvalue weighted by atomic mass is 35.5. The largest absolute Gasteiger partial charge is 0.331 e. The highest BCUT2D eigenvalue weighted by Gasteiger charge is 2.19. The minimum Gasteiger partial charge on any atom is -0.331 e. The van der Waals surface area contributed by atoms with Crippen LogP contribution in [0.5, 0.6) is 0 Å². The number of hydrogen-bond acceptors (Lipinski definition) is 2. The predicted octanol–water partition coefficient (Wildman–Crippen LogP) is 5.60. The van der Waals surface area contributed by atoms with Crippen molar-refractivity contribution in [2.24, 2.45) is 0 Å². The third kappa shape index (κ3) is 4.54. The van der Waals surface area contributed by atoms with Crippen molar-refractivity contribution in [3.8, 4) is 0 Å². The minimum absolute atomic E-state index is 0.142. The molecule has 2 aromatic carbocycles. The molecule has 0 unspecified atom stereocenters. The quantitative estimate of drug-likeness (QED) is 0.309. The summed E-state index contributed by atoms with van der Waals surface area (Å²) in [5.41, 5.74) is -0.275. The maximum Gasteiger partial charge on any atom is 0.176 e. The molecule has 0 aliphatic rings. The maximum atomic E-state index is 13.8. The molecule has 11 heteroatoms. The number of benzene rings is 2. The molecule has 1 aromatic heterocycles. The van der Waals surface area contributed by atoms with Gasteiger partial charge in [0.1, 0.15) is 0 Å². The van der Waals surface area contributed by atoms with E-state index in [0.29, 0.717) is 15.7 Å². The van der Waals surface area contributed by atoms with Gasteiger partial charge in [-0.2, -0.15) is 5.10 Å². The molecule has 0 saturated carbocycles. The van der Waals surface area contributed by atoms with E-state index in [1.807, 2.05) is 0 Å². The molecule has 0 radical (unpaired) electrons. The zero-order valence-corrected chi connectivity index (χ0v) is 16.1. The van der Waals surface area contributed by atoms with Crippen molar-refractivity contribution in [2.75, 3.05) is 10.6 Å². The van der Waals surface area contributed by atoms with Crippen LogP contribution in [-0.4, -0.2) is 14.9 Å². The smallest absolute Gasteiger partial charge is 0.176 e. The molecule has 0 spiro atoms. The average Bonchev–Trinajstić information content (AvgIpc) is 3.06. The van der Waals surface area contributed by atoms with Crippen molar-refractivity contribution in [2.45, 2.75) is 6.54 Å². The van der Waals surface area contributed by atoms with Crippen LogP contribution in [0.25, 0.3) is 0 Å². The van der Waals surface area contributed by atoms with Gasteiger partial charge in [0, 0.05) is 23.4 Å². The number of nitrogens with zero attached hydrogens (tertiary/aromatic N) is 2. The second kappa shape index (κ2) is 8.34. The Kier molecular flexibility index (Phi) is 6.07. The van der Waals surface area contributed by atoms with Gasteiger partial charge in [0.05, 0.1) is 22.8 Å². The van der Waals surface area contributed by atoms with E-state index in [0.717, 1.165) is 4.68 Å². The van der Waals surface area contributed by atoms with E-state index in [1.54, 1.807) is 12.1 Å². The van der Waals surface area contributed by atoms with Crippen molar-refractivity contribution in [1.82, 2.24) is 9.78 Å². The molecule has 0 aliphatic carbocycles. The van der Waals surface area contributed by atoms with Gasteiger partial charge < -0.3 is 10.6 Å². The summed E-state index contributed by atoms with van der Waals surface area (Å²) >= 11 is 17.0. The summed E-state index contributed by atoms with van der Waals surface area (Å²) in [5.74, 6) is -5.67. The van der Waals surface area contributed by atoms with Gasteiger partial charge in [-0.1, -0.05) is 23.2 Å². The van der Waals surface area contributed by atoms with Gasteiger partial charge in [0.15, 0.2) is 34.2 Å². The Bertz CT molecular complexity index is 1030. The highest BCUT2D eigenvalue weighted by Crippen LogP contribution is 2.25. The standard InChI is InChI=1S/C17H10Cl2F4N4S/c18-8-1-2-13(10(19)5-8)24-17(28)25-14-3-4-27(26-14)7-9-15(22)11(20)6-12(21)16(9)23/h1-6H,7H2,(H2,24,25,26,28). The normalized spacial score (nSPS) is 10.8. The van der Waals surface area contributed by atoms with E-state index in [2.05, 4.69) is 15.7 Å². The van der Waals surface area contributed by atoms with Crippen LogP contribution in [0.3, 0.4) is 0 Å². The first kappa shape index (κ1) is 20.4. The summed E-state index contributed by atoms with van der Waals surface area (Å²) in [6.07, 6.45) is 1.36. The fourth-order valence-corrected chi connectivity index (χ4v) is 2.97. The Morgan fingerprint density at radius 3 is 2.32 bits per heavy atom. The Morgan fingerprint density at radius 2 is 1.68 bits per heavy atom. The average molecular weight is 449 g/mol. The van der Waals surface area contributed by atoms with E-state index in [-0.39, 0.29) is 17.0 Å². The molecule has 0 atom stereocenters. The lowest BCUT2D eigenvalue weighted by Crippen LogP contribution is -2.20. The molecule has 0 amide bonds. The Hall–Kier alpha value is -2.36. The van der Waals surface area contributed by atoms with Gasteiger partial charge in [-0.25, -0.2) is 17.6 Å². The summed E-state index contributed by atoms with van der Waals surface area (Å²) in [6, 6.07) is 6.39. The number of rotatable bonds is 4. The number of nitrogens with one attached hydrogen (secondary N) is 2. The van der Waals surface area contributed by atoms with E-state index < -0.39 is 35.4 Å². The Balaban J connectivity index is 1.70. The monoisotopic (exact) mass is 448 g/mol. The molecular formula is C17H10Cl2F4N4S. The highest BCUT2D eigenvalue weighted by molar-refractivity contribution is 7.80. The number of hydrogen-bond donors (Lipinski definition) is 2. The molecule has 146 valence electrons. The molecule has 0 saturated heterocycles. The molecule has 3 aromatic rings. The molecule has 28 heavy (non-hydrogen) atoms. The fourth-order valence-electron chi connectivity index (χ4n) is 2.30. The molecule has 0 aliphatic heterocycles. The lowest BCUT2D eigenvalue weighted by Gasteiger charge is -2.10. The van der Waals surface area contributed by atoms with Crippen LogP contribution in [0.2, 0.25) is 10.0 Å². The minimum atomic E-state index is -1.48. The van der Waals surface area contributed by atoms with Crippen LogP contribution in [0.1, 0.15) is 5.56 Å². The lowest BCUT2D eigenvalue weighted by atomic mass is 10.2. The topological polar surface area (TPSA) is 41.9 Å². The SMILES string of the molecule is Fc1cc(F)c(F)c(Cn2ccc(NC(=S)Nc3ccc(Cl)cc3Cl)n2)c1F. The van der Waals surface area contributed by atoms with Gasteiger partial charge in [0.25, 0.3) is 0 Å². The Morgan fingerprint density at radius 1 is 1.00 bits per heavy atom. The van der Waals surface area contributed by atoms with Gasteiger partial charge in [-0.05, 0) is 30.4 Å². The van der Waals surface area contributed by atoms with Crippen LogP contribution in [-0.2, 0) is 6.54 Å². The number of halogens is 6. The number of thiocarbonyl (C=S) groups is 1. The van der Waals surface area contributed by atoms with Crippen molar-refractivity contribution in [3.05, 3.63) is 75.4 Å². The van der Waals surface area contributed by atoms with Crippen LogP contribution < -0.4 is 10.6 Å². The second-order valence-electron chi connectivity index (χ2n) is 5.55. The Labute approximate surface area is 172 Å². The summed E-state index contributed by atoms with van der Waals surface area (Å²) in [7, 11) is 0. The fraction of sp³-hybridized carbons (Fsp3) is 0.0588. The number of aromatic nitrogens is 2. The molecular weight excluding hydrogens is 439 g/mol. The molecule has 0 bridgehead atoms. The van der Waals surface area contributed by atoms with Crippen LogP contribution in [0, 0.1) is 23.3 Å². The van der Waals surface area contributed by atoms with Crippen LogP contribution in [0.15, 0.2) is 36.5 Å². The first-order valence-corrected chi connectivity index (χ1v) is 8.79. The summed E-state index contributed by atoms with van der Waals surface area (Å²) < 4.78 is 55.2. The third-order valence-electron chi connectivity index (χ3n) is 3.58. The van der Waals surface area contributed by atoms with Gasteiger partial charge in [0.2, 0.25) is 0 Å². The summed E-state index contributed by atoms with van der Waals surface area (Å²) in [6.45, 7) is -0.517. The summed E-state index contributed by atoms with van der Waals surface area (Å²) in [4.78, 5) is 0. The predicted molar refractivity (Wildman–Crippen MR) is 104 cm³/mol.